The van der Waals surface area contributed by atoms with Gasteiger partial charge < -0.3 is 10.2 Å². The summed E-state index contributed by atoms with van der Waals surface area (Å²) >= 11 is 15.5. The van der Waals surface area contributed by atoms with Gasteiger partial charge in [-0.2, -0.15) is 0 Å². The first-order valence-corrected chi connectivity index (χ1v) is 13.8. The van der Waals surface area contributed by atoms with Crippen LogP contribution in [-0.2, 0) is 26.2 Å². The average Bonchev–Trinajstić information content (AvgIpc) is 2.88. The highest BCUT2D eigenvalue weighted by Gasteiger charge is 2.32. The first-order chi connectivity index (χ1) is 17.0. The maximum atomic E-state index is 13.7. The van der Waals surface area contributed by atoms with Gasteiger partial charge in [0.1, 0.15) is 12.6 Å². The lowest BCUT2D eigenvalue weighted by molar-refractivity contribution is -0.139. The summed E-state index contributed by atoms with van der Waals surface area (Å²) in [6.45, 7) is 1.06. The summed E-state index contributed by atoms with van der Waals surface area (Å²) in [7, 11) is -2.63. The molecule has 0 aromatic heterocycles. The number of hydrogen-bond donors (Lipinski definition) is 1. The van der Waals surface area contributed by atoms with E-state index < -0.39 is 34.4 Å². The lowest BCUT2D eigenvalue weighted by Gasteiger charge is -2.31. The van der Waals surface area contributed by atoms with E-state index in [0.717, 1.165) is 8.78 Å². The maximum Gasteiger partial charge on any atom is 0.264 e. The zero-order valence-corrected chi connectivity index (χ0v) is 23.4. The first kappa shape index (κ1) is 28.0. The van der Waals surface area contributed by atoms with E-state index >= 15 is 0 Å². The number of nitrogens with one attached hydrogen (secondary N) is 1. The molecule has 0 saturated heterocycles. The van der Waals surface area contributed by atoms with Crippen LogP contribution in [0, 0.1) is 0 Å². The highest BCUT2D eigenvalue weighted by Crippen LogP contribution is 2.27. The Morgan fingerprint density at radius 1 is 0.972 bits per heavy atom. The summed E-state index contributed by atoms with van der Waals surface area (Å²) in [5, 5.41) is 3.19. The Kier molecular flexibility index (Phi) is 9.41. The van der Waals surface area contributed by atoms with Crippen LogP contribution in [0.15, 0.2) is 82.2 Å². The monoisotopic (exact) mass is 611 g/mol. The summed E-state index contributed by atoms with van der Waals surface area (Å²) in [5.74, 6) is -0.968. The van der Waals surface area contributed by atoms with E-state index in [9.17, 15) is 18.0 Å². The lowest BCUT2D eigenvalue weighted by Crippen LogP contribution is -2.50. The molecule has 0 aliphatic carbocycles. The van der Waals surface area contributed by atoms with E-state index in [-0.39, 0.29) is 11.4 Å². The van der Waals surface area contributed by atoms with E-state index in [1.165, 1.54) is 24.1 Å². The number of hydrogen-bond acceptors (Lipinski definition) is 4. The molecule has 0 aliphatic heterocycles. The van der Waals surface area contributed by atoms with Crippen molar-refractivity contribution in [2.75, 3.05) is 17.9 Å². The summed E-state index contributed by atoms with van der Waals surface area (Å²) in [6, 6.07) is 18.4. The molecule has 11 heteroatoms. The Hall–Kier alpha value is -2.59. The van der Waals surface area contributed by atoms with Gasteiger partial charge in [-0.25, -0.2) is 8.42 Å². The summed E-state index contributed by atoms with van der Waals surface area (Å²) in [5.41, 5.74) is 0.937. The lowest BCUT2D eigenvalue weighted by atomic mass is 10.1. The van der Waals surface area contributed by atoms with E-state index in [0.29, 0.717) is 21.3 Å². The van der Waals surface area contributed by atoms with Gasteiger partial charge in [-0.15, -0.1) is 0 Å². The van der Waals surface area contributed by atoms with Gasteiger partial charge in [0.15, 0.2) is 0 Å². The van der Waals surface area contributed by atoms with Crippen molar-refractivity contribution < 1.29 is 18.0 Å². The van der Waals surface area contributed by atoms with Crippen molar-refractivity contribution in [3.05, 3.63) is 92.9 Å². The van der Waals surface area contributed by atoms with Crippen LogP contribution in [0.25, 0.3) is 0 Å². The van der Waals surface area contributed by atoms with Crippen LogP contribution >= 0.6 is 39.1 Å². The Morgan fingerprint density at radius 3 is 2.19 bits per heavy atom. The average molecular weight is 613 g/mol. The number of amides is 2. The molecule has 0 radical (unpaired) electrons. The smallest absolute Gasteiger partial charge is 0.264 e. The van der Waals surface area contributed by atoms with Crippen molar-refractivity contribution in [1.29, 1.82) is 0 Å². The number of sulfonamides is 1. The topological polar surface area (TPSA) is 86.8 Å². The van der Waals surface area contributed by atoms with Crippen molar-refractivity contribution in [1.82, 2.24) is 10.2 Å². The second kappa shape index (κ2) is 12.1. The van der Waals surface area contributed by atoms with Gasteiger partial charge in [0.25, 0.3) is 10.0 Å². The molecule has 0 heterocycles. The van der Waals surface area contributed by atoms with Gasteiger partial charge in [-0.05, 0) is 61.0 Å². The molecule has 0 fully saturated rings. The summed E-state index contributed by atoms with van der Waals surface area (Å²) in [6.07, 6.45) is 0. The van der Waals surface area contributed by atoms with Gasteiger partial charge in [0.2, 0.25) is 11.8 Å². The fourth-order valence-corrected chi connectivity index (χ4v) is 5.50. The molecular formula is C25H24BrCl2N3O4S. The SMILES string of the molecule is CNC(=O)[C@H](C)N(Cc1ccc(Cl)c(Cl)c1)C(=O)CN(c1ccc(Br)cc1)S(=O)(=O)c1ccccc1. The molecule has 3 rings (SSSR count). The van der Waals surface area contributed by atoms with Crippen molar-refractivity contribution in [3.8, 4) is 0 Å². The molecule has 7 nitrogen and oxygen atoms in total. The summed E-state index contributed by atoms with van der Waals surface area (Å²) < 4.78 is 29.0. The predicted molar refractivity (Wildman–Crippen MR) is 146 cm³/mol. The third-order valence-corrected chi connectivity index (χ3v) is 8.53. The van der Waals surface area contributed by atoms with Crippen LogP contribution in [0.4, 0.5) is 5.69 Å². The third-order valence-electron chi connectivity index (χ3n) is 5.48. The summed E-state index contributed by atoms with van der Waals surface area (Å²) in [4.78, 5) is 27.5. The number of anilines is 1. The molecule has 3 aromatic rings. The van der Waals surface area contributed by atoms with Crippen molar-refractivity contribution in [2.45, 2.75) is 24.4 Å². The largest absolute Gasteiger partial charge is 0.357 e. The number of halogens is 3. The van der Waals surface area contributed by atoms with E-state index in [1.807, 2.05) is 0 Å². The van der Waals surface area contributed by atoms with Crippen LogP contribution in [0.2, 0.25) is 10.0 Å². The van der Waals surface area contributed by atoms with Crippen LogP contribution in [0.3, 0.4) is 0 Å². The minimum atomic E-state index is -4.10. The van der Waals surface area contributed by atoms with E-state index in [2.05, 4.69) is 21.2 Å². The minimum Gasteiger partial charge on any atom is -0.357 e. The zero-order chi connectivity index (χ0) is 26.5. The molecular weight excluding hydrogens is 589 g/mol. The van der Waals surface area contributed by atoms with Gasteiger partial charge in [0, 0.05) is 18.1 Å². The quantitative estimate of drug-likeness (QED) is 0.364. The fourth-order valence-electron chi connectivity index (χ4n) is 3.48. The molecule has 3 aromatic carbocycles. The molecule has 0 saturated carbocycles. The van der Waals surface area contributed by atoms with Crippen molar-refractivity contribution >= 4 is 66.7 Å². The number of likely N-dealkylation sites (N-methyl/N-ethyl adjacent to an activating group) is 1. The Bertz CT molecular complexity index is 1340. The number of rotatable bonds is 9. The second-order valence-electron chi connectivity index (χ2n) is 7.86. The van der Waals surface area contributed by atoms with Gasteiger partial charge >= 0.3 is 0 Å². The Morgan fingerprint density at radius 2 is 1.61 bits per heavy atom. The van der Waals surface area contributed by atoms with Crippen molar-refractivity contribution in [2.24, 2.45) is 0 Å². The van der Waals surface area contributed by atoms with Crippen LogP contribution in [-0.4, -0.2) is 44.8 Å². The van der Waals surface area contributed by atoms with Crippen molar-refractivity contribution in [3.63, 3.8) is 0 Å². The highest BCUT2D eigenvalue weighted by molar-refractivity contribution is 9.10. The third kappa shape index (κ3) is 6.59. The molecule has 0 bridgehead atoms. The van der Waals surface area contributed by atoms with E-state index in [4.69, 9.17) is 23.2 Å². The number of nitrogens with zero attached hydrogens (tertiary/aromatic N) is 2. The molecule has 1 N–H and O–H groups in total. The van der Waals surface area contributed by atoms with E-state index in [1.54, 1.807) is 67.6 Å². The molecule has 0 unspecified atom stereocenters. The number of carbonyl (C=O) groups excluding carboxylic acids is 2. The van der Waals surface area contributed by atoms with Gasteiger partial charge in [-0.3, -0.25) is 13.9 Å². The highest BCUT2D eigenvalue weighted by atomic mass is 79.9. The molecule has 0 aliphatic rings. The number of carbonyl (C=O) groups is 2. The van der Waals surface area contributed by atoms with Gasteiger partial charge in [-0.1, -0.05) is 63.4 Å². The molecule has 36 heavy (non-hydrogen) atoms. The molecule has 2 amide bonds. The van der Waals surface area contributed by atoms with Crippen LogP contribution in [0.1, 0.15) is 12.5 Å². The molecule has 0 spiro atoms. The van der Waals surface area contributed by atoms with Crippen LogP contribution in [0.5, 0.6) is 0 Å². The maximum absolute atomic E-state index is 13.7. The number of benzene rings is 3. The minimum absolute atomic E-state index is 0.0177. The molecule has 1 atom stereocenters. The Labute approximate surface area is 229 Å². The standard InChI is InChI=1S/C25H24BrCl2N3O4S/c1-17(25(33)29-2)30(15-18-8-13-22(27)23(28)14-18)24(32)16-31(20-11-9-19(26)10-12-20)36(34,35)21-6-4-3-5-7-21/h3-14,17H,15-16H2,1-2H3,(H,29,33)/t17-/m0/s1. The van der Waals surface area contributed by atoms with Gasteiger partial charge in [0.05, 0.1) is 20.6 Å². The normalized spacial score (nSPS) is 12.0. The Balaban J connectivity index is 2.02. The fraction of sp³-hybridized carbons (Fsp3) is 0.200. The predicted octanol–water partition coefficient (Wildman–Crippen LogP) is 5.11. The zero-order valence-electron chi connectivity index (χ0n) is 19.5. The first-order valence-electron chi connectivity index (χ1n) is 10.8. The van der Waals surface area contributed by atoms with Crippen LogP contribution < -0.4 is 9.62 Å². The second-order valence-corrected chi connectivity index (χ2v) is 11.5. The molecule has 190 valence electrons.